The number of nitrogens with zero attached hydrogens (tertiary/aromatic N) is 2. The van der Waals surface area contributed by atoms with Crippen LogP contribution in [0.1, 0.15) is 5.82 Å². The molecule has 0 amide bonds. The summed E-state index contributed by atoms with van der Waals surface area (Å²) >= 11 is 2.08. The molecule has 0 radical (unpaired) electrons. The Morgan fingerprint density at radius 2 is 2.20 bits per heavy atom. The van der Waals surface area contributed by atoms with Gasteiger partial charge in [-0.2, -0.15) is 13.8 Å². The second-order valence-corrected chi connectivity index (χ2v) is 2.54. The van der Waals surface area contributed by atoms with Crippen LogP contribution in [0.4, 0.5) is 14.7 Å². The molecule has 3 N–H and O–H groups in total. The van der Waals surface area contributed by atoms with Crippen molar-refractivity contribution in [2.75, 3.05) is 5.73 Å². The average molecular weight is 213 g/mol. The number of anilines is 1. The highest BCUT2D eigenvalue weighted by Crippen LogP contribution is 2.31. The second kappa shape index (κ2) is 2.15. The van der Waals surface area contributed by atoms with Crippen LogP contribution in [0.25, 0.3) is 0 Å². The molecule has 1 rings (SSSR count). The Labute approximate surface area is 63.0 Å². The summed E-state index contributed by atoms with van der Waals surface area (Å²) in [5, 5.41) is 5.18. The first-order valence-corrected chi connectivity index (χ1v) is 3.04. The highest BCUT2D eigenvalue weighted by Gasteiger charge is 2.31. The predicted molar refractivity (Wildman–Crippen MR) is 33.6 cm³/mol. The van der Waals surface area contributed by atoms with Crippen molar-refractivity contribution in [3.63, 3.8) is 0 Å². The van der Waals surface area contributed by atoms with Crippen LogP contribution in [0, 0.1) is 0 Å². The zero-order chi connectivity index (χ0) is 7.78. The van der Waals surface area contributed by atoms with Crippen molar-refractivity contribution in [2.45, 2.75) is 4.83 Å². The highest BCUT2D eigenvalue weighted by atomic mass is 79.9. The molecule has 0 atom stereocenters. The lowest BCUT2D eigenvalue weighted by molar-refractivity contribution is 0.104. The van der Waals surface area contributed by atoms with Crippen molar-refractivity contribution in [3.8, 4) is 0 Å². The zero-order valence-electron chi connectivity index (χ0n) is 4.61. The summed E-state index contributed by atoms with van der Waals surface area (Å²) in [6.07, 6.45) is 0. The molecule has 4 nitrogen and oxygen atoms in total. The average Bonchev–Trinajstić information content (AvgIpc) is 2.11. The largest absolute Gasteiger partial charge is 0.367 e. The predicted octanol–water partition coefficient (Wildman–Crippen LogP) is 0.831. The number of nitrogens with one attached hydrogen (secondary N) is 1. The number of hydrogen-bond donors (Lipinski definition) is 2. The Hall–Kier alpha value is -0.720. The van der Waals surface area contributed by atoms with E-state index in [1.165, 1.54) is 0 Å². The minimum Gasteiger partial charge on any atom is -0.367 e. The maximum Gasteiger partial charge on any atom is 0.359 e. The van der Waals surface area contributed by atoms with Gasteiger partial charge < -0.3 is 5.73 Å². The van der Waals surface area contributed by atoms with Gasteiger partial charge in [0.15, 0.2) is 0 Å². The molecule has 0 unspecified atom stereocenters. The topological polar surface area (TPSA) is 67.6 Å². The number of nitrogens with two attached hydrogens (primary N) is 1. The number of nitrogen functional groups attached to an aromatic ring is 1. The van der Waals surface area contributed by atoms with Crippen molar-refractivity contribution in [1.82, 2.24) is 15.2 Å². The molecule has 0 aromatic carbocycles. The summed E-state index contributed by atoms with van der Waals surface area (Å²) in [6.45, 7) is 0. The third-order valence-corrected chi connectivity index (χ3v) is 1.15. The molecular weight excluding hydrogens is 210 g/mol. The molecule has 0 saturated heterocycles. The van der Waals surface area contributed by atoms with Crippen molar-refractivity contribution in [3.05, 3.63) is 5.82 Å². The number of hydrogen-bond acceptors (Lipinski definition) is 3. The van der Waals surface area contributed by atoms with Gasteiger partial charge in [0.05, 0.1) is 0 Å². The Morgan fingerprint density at radius 3 is 2.40 bits per heavy atom. The van der Waals surface area contributed by atoms with E-state index in [0.29, 0.717) is 0 Å². The van der Waals surface area contributed by atoms with Gasteiger partial charge in [0.2, 0.25) is 11.8 Å². The Morgan fingerprint density at radius 1 is 1.60 bits per heavy atom. The molecule has 1 aromatic heterocycles. The summed E-state index contributed by atoms with van der Waals surface area (Å²) < 4.78 is 24.4. The lowest BCUT2D eigenvalue weighted by atomic mass is 10.7. The highest BCUT2D eigenvalue weighted by molar-refractivity contribution is 9.09. The van der Waals surface area contributed by atoms with Crippen LogP contribution in [0.5, 0.6) is 0 Å². The summed E-state index contributed by atoms with van der Waals surface area (Å²) in [4.78, 5) is 0.0133. The maximum absolute atomic E-state index is 12.2. The molecule has 0 aliphatic carbocycles. The van der Waals surface area contributed by atoms with E-state index < -0.39 is 10.7 Å². The van der Waals surface area contributed by atoms with Gasteiger partial charge in [0.25, 0.3) is 0 Å². The van der Waals surface area contributed by atoms with Crippen molar-refractivity contribution >= 4 is 21.9 Å². The SMILES string of the molecule is Nc1n[nH]c(C(F)(F)Br)n1. The minimum absolute atomic E-state index is 0.200. The summed E-state index contributed by atoms with van der Waals surface area (Å²) in [5.41, 5.74) is 4.97. The molecule has 0 fully saturated rings. The molecule has 0 saturated carbocycles. The van der Waals surface area contributed by atoms with Gasteiger partial charge in [-0.25, -0.2) is 0 Å². The van der Waals surface area contributed by atoms with E-state index in [0.717, 1.165) is 0 Å². The molecule has 0 spiro atoms. The lowest BCUT2D eigenvalue weighted by Crippen LogP contribution is -2.05. The van der Waals surface area contributed by atoms with E-state index in [2.05, 4.69) is 26.0 Å². The number of alkyl halides is 3. The summed E-state index contributed by atoms with van der Waals surface area (Å²) in [6, 6.07) is 0. The minimum atomic E-state index is -3.18. The number of aromatic nitrogens is 3. The van der Waals surface area contributed by atoms with E-state index in [9.17, 15) is 8.78 Å². The molecule has 56 valence electrons. The fourth-order valence-corrected chi connectivity index (χ4v) is 0.579. The molecule has 1 heterocycles. The van der Waals surface area contributed by atoms with Crippen molar-refractivity contribution < 1.29 is 8.78 Å². The van der Waals surface area contributed by atoms with E-state index in [4.69, 9.17) is 5.73 Å². The fourth-order valence-electron chi connectivity index (χ4n) is 0.402. The van der Waals surface area contributed by atoms with Gasteiger partial charge in [-0.05, 0) is 15.9 Å². The Balaban J connectivity index is 2.96. The molecule has 7 heteroatoms. The van der Waals surface area contributed by atoms with E-state index >= 15 is 0 Å². The number of aromatic amines is 1. The van der Waals surface area contributed by atoms with Crippen molar-refractivity contribution in [2.24, 2.45) is 0 Å². The first kappa shape index (κ1) is 7.39. The quantitative estimate of drug-likeness (QED) is 0.679. The first-order chi connectivity index (χ1) is 4.50. The summed E-state index contributed by atoms with van der Waals surface area (Å²) in [5.74, 6) is -0.792. The molecule has 0 aliphatic heterocycles. The Kier molecular flexibility index (Phi) is 1.59. The van der Waals surface area contributed by atoms with Gasteiger partial charge in [0.1, 0.15) is 0 Å². The van der Waals surface area contributed by atoms with E-state index in [1.54, 1.807) is 0 Å². The van der Waals surface area contributed by atoms with Crippen LogP contribution in [0.2, 0.25) is 0 Å². The molecule has 1 aromatic rings. The molecule has 0 aliphatic rings. The Bertz CT molecular complexity index is 229. The standard InChI is InChI=1S/C3H3BrF2N4/c4-3(5,6)1-8-2(7)10-9-1/h(H3,7,8,9,10). The molecule has 10 heavy (non-hydrogen) atoms. The lowest BCUT2D eigenvalue weighted by Gasteiger charge is -2.00. The van der Waals surface area contributed by atoms with Crippen LogP contribution in [-0.2, 0) is 4.83 Å². The van der Waals surface area contributed by atoms with Crippen molar-refractivity contribution in [1.29, 1.82) is 0 Å². The monoisotopic (exact) mass is 212 g/mol. The van der Waals surface area contributed by atoms with Crippen LogP contribution in [-0.4, -0.2) is 15.2 Å². The van der Waals surface area contributed by atoms with E-state index in [-0.39, 0.29) is 5.95 Å². The summed E-state index contributed by atoms with van der Waals surface area (Å²) in [7, 11) is 0. The first-order valence-electron chi connectivity index (χ1n) is 2.25. The third-order valence-electron chi connectivity index (χ3n) is 0.771. The third kappa shape index (κ3) is 1.41. The van der Waals surface area contributed by atoms with Crippen LogP contribution in [0.3, 0.4) is 0 Å². The molecule has 0 bridgehead atoms. The van der Waals surface area contributed by atoms with Gasteiger partial charge in [-0.15, -0.1) is 5.10 Å². The van der Waals surface area contributed by atoms with Crippen LogP contribution >= 0.6 is 15.9 Å². The van der Waals surface area contributed by atoms with Gasteiger partial charge in [-0.3, -0.25) is 5.10 Å². The van der Waals surface area contributed by atoms with Gasteiger partial charge in [0, 0.05) is 0 Å². The number of halogens is 3. The second-order valence-electron chi connectivity index (χ2n) is 1.54. The van der Waals surface area contributed by atoms with E-state index in [1.807, 2.05) is 5.10 Å². The molecular formula is C3H3BrF2N4. The number of H-pyrrole nitrogens is 1. The zero-order valence-corrected chi connectivity index (χ0v) is 6.19. The van der Waals surface area contributed by atoms with Crippen LogP contribution in [0.15, 0.2) is 0 Å². The van der Waals surface area contributed by atoms with Gasteiger partial charge in [-0.1, -0.05) is 0 Å². The van der Waals surface area contributed by atoms with Gasteiger partial charge >= 0.3 is 4.83 Å². The smallest absolute Gasteiger partial charge is 0.359 e. The van der Waals surface area contributed by atoms with Crippen LogP contribution < -0.4 is 5.73 Å². The fraction of sp³-hybridized carbons (Fsp3) is 0.333. The normalized spacial score (nSPS) is 11.9. The maximum atomic E-state index is 12.2. The number of rotatable bonds is 1.